The number of thiazole rings is 1. The average molecular weight is 525 g/mol. The number of amides is 1. The second kappa shape index (κ2) is 10.2. The summed E-state index contributed by atoms with van der Waals surface area (Å²) in [6, 6.07) is 12.1. The van der Waals surface area contributed by atoms with Crippen molar-refractivity contribution in [2.75, 3.05) is 36.8 Å². The van der Waals surface area contributed by atoms with Crippen LogP contribution in [0.1, 0.15) is 31.1 Å². The molecule has 1 aromatic heterocycles. The Bertz CT molecular complexity index is 1170. The van der Waals surface area contributed by atoms with E-state index >= 15 is 0 Å². The molecule has 0 aliphatic carbocycles. The molecule has 0 aliphatic heterocycles. The molecule has 0 N–H and O–H groups in total. The van der Waals surface area contributed by atoms with E-state index in [1.54, 1.807) is 24.0 Å². The van der Waals surface area contributed by atoms with E-state index in [1.165, 1.54) is 23.5 Å². The van der Waals surface area contributed by atoms with Gasteiger partial charge < -0.3 is 4.90 Å². The summed E-state index contributed by atoms with van der Waals surface area (Å²) < 4.78 is 26.6. The Kier molecular flexibility index (Phi) is 7.85. The molecule has 0 aliphatic rings. The van der Waals surface area contributed by atoms with Crippen LogP contribution < -0.4 is 4.90 Å². The Morgan fingerprint density at radius 1 is 1.06 bits per heavy atom. The number of hydrogen-bond acceptors (Lipinski definition) is 6. The molecular formula is C22H26BrN3O3S2. The first-order valence-electron chi connectivity index (χ1n) is 10.2. The van der Waals surface area contributed by atoms with Gasteiger partial charge in [-0.2, -0.15) is 0 Å². The maximum Gasteiger partial charge on any atom is 0.260 e. The number of carbonyl (C=O) groups excluding carboxylic acids is 1. The van der Waals surface area contributed by atoms with E-state index in [-0.39, 0.29) is 16.6 Å². The molecule has 3 rings (SSSR count). The van der Waals surface area contributed by atoms with Crippen LogP contribution in [0, 0.1) is 0 Å². The van der Waals surface area contributed by atoms with Gasteiger partial charge in [0, 0.05) is 23.1 Å². The van der Waals surface area contributed by atoms with Crippen LogP contribution in [0.15, 0.2) is 51.8 Å². The number of benzene rings is 2. The molecule has 0 unspecified atom stereocenters. The van der Waals surface area contributed by atoms with E-state index in [9.17, 15) is 13.2 Å². The molecule has 9 heteroatoms. The molecule has 2 aromatic carbocycles. The Labute approximate surface area is 195 Å². The van der Waals surface area contributed by atoms with Crippen molar-refractivity contribution in [1.82, 2.24) is 9.88 Å². The number of sulfone groups is 1. The largest absolute Gasteiger partial charge is 0.302 e. The molecule has 1 heterocycles. The van der Waals surface area contributed by atoms with E-state index < -0.39 is 9.84 Å². The Hall–Kier alpha value is -1.81. The quantitative estimate of drug-likeness (QED) is 0.401. The highest BCUT2D eigenvalue weighted by Crippen LogP contribution is 2.32. The van der Waals surface area contributed by atoms with Crippen molar-refractivity contribution >= 4 is 58.4 Å². The summed E-state index contributed by atoms with van der Waals surface area (Å²) in [6.07, 6.45) is 0. The highest BCUT2D eigenvalue weighted by molar-refractivity contribution is 9.10. The molecule has 0 atom stereocenters. The minimum absolute atomic E-state index is 0.0108. The lowest BCUT2D eigenvalue weighted by atomic mass is 10.2. The minimum atomic E-state index is -3.40. The van der Waals surface area contributed by atoms with Crippen molar-refractivity contribution in [2.24, 2.45) is 0 Å². The zero-order valence-electron chi connectivity index (χ0n) is 17.8. The second-order valence-electron chi connectivity index (χ2n) is 7.02. The zero-order chi connectivity index (χ0) is 22.6. The monoisotopic (exact) mass is 523 g/mol. The molecule has 6 nitrogen and oxygen atoms in total. The maximum atomic E-state index is 13.5. The third-order valence-corrected chi connectivity index (χ3v) is 8.44. The molecular weight excluding hydrogens is 498 g/mol. The fraction of sp³-hybridized carbons (Fsp3) is 0.364. The van der Waals surface area contributed by atoms with Crippen LogP contribution in [-0.2, 0) is 9.84 Å². The van der Waals surface area contributed by atoms with Gasteiger partial charge in [-0.15, -0.1) is 0 Å². The van der Waals surface area contributed by atoms with E-state index in [0.717, 1.165) is 27.8 Å². The fourth-order valence-corrected chi connectivity index (χ4v) is 5.68. The third-order valence-electron chi connectivity index (χ3n) is 5.17. The Balaban J connectivity index is 2.00. The molecule has 0 saturated carbocycles. The van der Waals surface area contributed by atoms with E-state index in [0.29, 0.717) is 23.8 Å². The van der Waals surface area contributed by atoms with Crippen LogP contribution in [0.25, 0.3) is 10.2 Å². The van der Waals surface area contributed by atoms with Gasteiger partial charge in [-0.1, -0.05) is 54.1 Å². The predicted molar refractivity (Wildman–Crippen MR) is 131 cm³/mol. The van der Waals surface area contributed by atoms with Gasteiger partial charge in [-0.05, 0) is 49.5 Å². The molecule has 0 spiro atoms. The van der Waals surface area contributed by atoms with Crippen molar-refractivity contribution in [3.63, 3.8) is 0 Å². The van der Waals surface area contributed by atoms with Crippen molar-refractivity contribution < 1.29 is 13.2 Å². The van der Waals surface area contributed by atoms with E-state index in [2.05, 4.69) is 39.7 Å². The maximum absolute atomic E-state index is 13.5. The highest BCUT2D eigenvalue weighted by atomic mass is 79.9. The molecule has 0 saturated heterocycles. The van der Waals surface area contributed by atoms with Gasteiger partial charge in [0.25, 0.3) is 5.91 Å². The highest BCUT2D eigenvalue weighted by Gasteiger charge is 2.23. The van der Waals surface area contributed by atoms with Crippen LogP contribution in [-0.4, -0.2) is 56.1 Å². The first kappa shape index (κ1) is 23.8. The van der Waals surface area contributed by atoms with Crippen LogP contribution in [0.5, 0.6) is 0 Å². The number of carbonyl (C=O) groups is 1. The van der Waals surface area contributed by atoms with Crippen LogP contribution in [0.3, 0.4) is 0 Å². The van der Waals surface area contributed by atoms with Gasteiger partial charge in [0.1, 0.15) is 0 Å². The van der Waals surface area contributed by atoms with E-state index in [4.69, 9.17) is 0 Å². The molecule has 31 heavy (non-hydrogen) atoms. The zero-order valence-corrected chi connectivity index (χ0v) is 21.1. The molecule has 0 fully saturated rings. The summed E-state index contributed by atoms with van der Waals surface area (Å²) in [7, 11) is -3.40. The molecule has 3 aromatic rings. The van der Waals surface area contributed by atoms with Crippen molar-refractivity contribution in [3.05, 3.63) is 52.5 Å². The number of rotatable bonds is 9. The van der Waals surface area contributed by atoms with Crippen LogP contribution >= 0.6 is 27.3 Å². The predicted octanol–water partition coefficient (Wildman–Crippen LogP) is 4.84. The van der Waals surface area contributed by atoms with Gasteiger partial charge in [0.05, 0.1) is 20.9 Å². The Morgan fingerprint density at radius 3 is 2.48 bits per heavy atom. The van der Waals surface area contributed by atoms with Gasteiger partial charge in [-0.25, -0.2) is 13.4 Å². The van der Waals surface area contributed by atoms with Gasteiger partial charge in [-0.3, -0.25) is 9.69 Å². The molecule has 1 amide bonds. The number of anilines is 1. The van der Waals surface area contributed by atoms with Crippen LogP contribution in [0.4, 0.5) is 5.13 Å². The molecule has 0 bridgehead atoms. The lowest BCUT2D eigenvalue weighted by Crippen LogP contribution is -2.39. The first-order chi connectivity index (χ1) is 14.8. The van der Waals surface area contributed by atoms with Gasteiger partial charge in [0.2, 0.25) is 0 Å². The molecule has 166 valence electrons. The summed E-state index contributed by atoms with van der Waals surface area (Å²) in [6.45, 7) is 8.70. The Morgan fingerprint density at radius 2 is 1.81 bits per heavy atom. The van der Waals surface area contributed by atoms with Crippen molar-refractivity contribution in [2.45, 2.75) is 25.7 Å². The van der Waals surface area contributed by atoms with Crippen LogP contribution in [0.2, 0.25) is 0 Å². The summed E-state index contributed by atoms with van der Waals surface area (Å²) in [5.41, 5.74) is 1.17. The number of nitrogens with zero attached hydrogens (tertiary/aromatic N) is 3. The average Bonchev–Trinajstić information content (AvgIpc) is 3.19. The number of likely N-dealkylation sites (N-methyl/N-ethyl adjacent to an activating group) is 1. The molecule has 0 radical (unpaired) electrons. The number of halogens is 1. The normalized spacial score (nSPS) is 11.9. The summed E-state index contributed by atoms with van der Waals surface area (Å²) in [4.78, 5) is 22.3. The van der Waals surface area contributed by atoms with Crippen molar-refractivity contribution in [1.29, 1.82) is 0 Å². The first-order valence-corrected chi connectivity index (χ1v) is 13.5. The fourth-order valence-electron chi connectivity index (χ4n) is 3.21. The lowest BCUT2D eigenvalue weighted by molar-refractivity contribution is 0.0983. The van der Waals surface area contributed by atoms with E-state index in [1.807, 2.05) is 18.2 Å². The number of aromatic nitrogens is 1. The van der Waals surface area contributed by atoms with Gasteiger partial charge in [0.15, 0.2) is 15.0 Å². The summed E-state index contributed by atoms with van der Waals surface area (Å²) in [5, 5.41) is 0.606. The standard InChI is InChI=1S/C22H26BrN3O3S2/c1-4-25(5-2)12-13-26(22-24-19-11-10-17(23)15-20(19)30-22)21(27)16-8-7-9-18(14-16)31(28,29)6-3/h7-11,14-15H,4-6,12-13H2,1-3H3. The lowest BCUT2D eigenvalue weighted by Gasteiger charge is -2.25. The van der Waals surface area contributed by atoms with Crippen molar-refractivity contribution in [3.8, 4) is 0 Å². The van der Waals surface area contributed by atoms with Gasteiger partial charge >= 0.3 is 0 Å². The SMILES string of the molecule is CCN(CC)CCN(C(=O)c1cccc(S(=O)(=O)CC)c1)c1nc2ccc(Br)cc2s1. The number of hydrogen-bond donors (Lipinski definition) is 0. The summed E-state index contributed by atoms with van der Waals surface area (Å²) in [5.74, 6) is -0.262. The third kappa shape index (κ3) is 5.52. The summed E-state index contributed by atoms with van der Waals surface area (Å²) >= 11 is 4.93. The number of fused-ring (bicyclic) bond motifs is 1. The second-order valence-corrected chi connectivity index (χ2v) is 11.2. The minimum Gasteiger partial charge on any atom is -0.302 e. The smallest absolute Gasteiger partial charge is 0.260 e. The topological polar surface area (TPSA) is 70.6 Å².